The zero-order valence-corrected chi connectivity index (χ0v) is 10.5. The first-order chi connectivity index (χ1) is 7.64. The monoisotopic (exact) mass is 241 g/mol. The molecule has 0 fully saturated rings. The van der Waals surface area contributed by atoms with E-state index in [2.05, 4.69) is 5.10 Å². The highest BCUT2D eigenvalue weighted by Gasteiger charge is 2.28. The van der Waals surface area contributed by atoms with Crippen LogP contribution < -0.4 is 5.73 Å². The summed E-state index contributed by atoms with van der Waals surface area (Å²) >= 11 is 0. The summed E-state index contributed by atoms with van der Waals surface area (Å²) in [6, 6.07) is 0.339. The van der Waals surface area contributed by atoms with E-state index in [4.69, 9.17) is 10.8 Å². The number of hydrogen-bond donors (Lipinski definition) is 3. The molecule has 0 spiro atoms. The van der Waals surface area contributed by atoms with E-state index in [1.165, 1.54) is 4.68 Å². The number of rotatable bonds is 3. The van der Waals surface area contributed by atoms with E-state index < -0.39 is 18.1 Å². The molecule has 1 heterocycles. The van der Waals surface area contributed by atoms with Gasteiger partial charge in [-0.2, -0.15) is 5.10 Å². The van der Waals surface area contributed by atoms with E-state index in [9.17, 15) is 9.90 Å². The van der Waals surface area contributed by atoms with Crippen molar-refractivity contribution in [2.75, 3.05) is 0 Å². The molecule has 96 valence electrons. The third-order valence-electron chi connectivity index (χ3n) is 2.61. The summed E-state index contributed by atoms with van der Waals surface area (Å²) in [6.45, 7) is 5.97. The molecule has 0 radical (unpaired) electrons. The average Bonchev–Trinajstić information content (AvgIpc) is 2.57. The first kappa shape index (κ1) is 13.7. The minimum Gasteiger partial charge on any atom is -0.480 e. The molecule has 0 saturated carbocycles. The fourth-order valence-electron chi connectivity index (χ4n) is 1.44. The average molecular weight is 241 g/mol. The molecule has 17 heavy (non-hydrogen) atoms. The maximum atomic E-state index is 10.7. The van der Waals surface area contributed by atoms with Crippen molar-refractivity contribution < 1.29 is 15.0 Å². The van der Waals surface area contributed by atoms with Crippen molar-refractivity contribution in [2.45, 2.75) is 38.3 Å². The fraction of sp³-hybridized carbons (Fsp3) is 0.636. The van der Waals surface area contributed by atoms with Gasteiger partial charge in [0, 0.05) is 12.5 Å². The van der Waals surface area contributed by atoms with Gasteiger partial charge in [0.05, 0.1) is 11.4 Å². The van der Waals surface area contributed by atoms with Crippen LogP contribution in [0, 0.1) is 0 Å². The van der Waals surface area contributed by atoms with Crippen molar-refractivity contribution in [3.63, 3.8) is 0 Å². The van der Waals surface area contributed by atoms with Crippen LogP contribution in [-0.2, 0) is 17.3 Å². The van der Waals surface area contributed by atoms with E-state index in [1.807, 2.05) is 20.8 Å². The number of aromatic nitrogens is 2. The third-order valence-corrected chi connectivity index (χ3v) is 2.61. The lowest BCUT2D eigenvalue weighted by Gasteiger charge is -2.15. The van der Waals surface area contributed by atoms with Crippen LogP contribution in [0.2, 0.25) is 0 Å². The van der Waals surface area contributed by atoms with Gasteiger partial charge >= 0.3 is 5.97 Å². The van der Waals surface area contributed by atoms with Gasteiger partial charge < -0.3 is 15.9 Å². The van der Waals surface area contributed by atoms with Gasteiger partial charge in [-0.1, -0.05) is 20.8 Å². The number of aliphatic carboxylic acids is 1. The molecule has 0 aliphatic rings. The van der Waals surface area contributed by atoms with Gasteiger partial charge in [0.2, 0.25) is 0 Å². The van der Waals surface area contributed by atoms with Gasteiger partial charge in [-0.05, 0) is 6.07 Å². The van der Waals surface area contributed by atoms with Crippen LogP contribution in [0.25, 0.3) is 0 Å². The SMILES string of the molecule is Cn1nc(C(C)(C)C)cc1C(O)C(N)C(=O)O. The smallest absolute Gasteiger partial charge is 0.323 e. The first-order valence-corrected chi connectivity index (χ1v) is 5.35. The van der Waals surface area contributed by atoms with E-state index in [-0.39, 0.29) is 5.41 Å². The zero-order valence-electron chi connectivity index (χ0n) is 10.5. The third kappa shape index (κ3) is 2.83. The highest BCUT2D eigenvalue weighted by Crippen LogP contribution is 2.24. The van der Waals surface area contributed by atoms with Gasteiger partial charge in [-0.3, -0.25) is 9.48 Å². The minimum absolute atomic E-state index is 0.164. The van der Waals surface area contributed by atoms with Crippen LogP contribution in [0.3, 0.4) is 0 Å². The predicted octanol–water partition coefficient (Wildman–Crippen LogP) is 0.163. The number of hydrogen-bond acceptors (Lipinski definition) is 4. The summed E-state index contributed by atoms with van der Waals surface area (Å²) in [5, 5.41) is 22.9. The standard InChI is InChI=1S/C11H19N3O3/c1-11(2,3)7-5-6(14(4)13-7)9(15)8(12)10(16)17/h5,8-9,15H,12H2,1-4H3,(H,16,17). The maximum absolute atomic E-state index is 10.7. The van der Waals surface area contributed by atoms with E-state index in [0.29, 0.717) is 5.69 Å². The second kappa shape index (κ2) is 4.46. The quantitative estimate of drug-likeness (QED) is 0.700. The Hall–Kier alpha value is -1.40. The first-order valence-electron chi connectivity index (χ1n) is 5.35. The molecule has 2 unspecified atom stereocenters. The van der Waals surface area contributed by atoms with Crippen LogP contribution >= 0.6 is 0 Å². The number of aliphatic hydroxyl groups excluding tert-OH is 1. The van der Waals surface area contributed by atoms with Crippen LogP contribution in [0.1, 0.15) is 38.3 Å². The van der Waals surface area contributed by atoms with Gasteiger partial charge in [-0.15, -0.1) is 0 Å². The summed E-state index contributed by atoms with van der Waals surface area (Å²) < 4.78 is 1.47. The highest BCUT2D eigenvalue weighted by atomic mass is 16.4. The fourth-order valence-corrected chi connectivity index (χ4v) is 1.44. The summed E-state index contributed by atoms with van der Waals surface area (Å²) in [5.74, 6) is -1.24. The number of carboxylic acids is 1. The Labute approximate surface area is 100 Å². The topological polar surface area (TPSA) is 101 Å². The van der Waals surface area contributed by atoms with Gasteiger partial charge in [0.15, 0.2) is 0 Å². The summed E-state index contributed by atoms with van der Waals surface area (Å²) in [7, 11) is 1.66. The van der Waals surface area contributed by atoms with Crippen molar-refractivity contribution in [2.24, 2.45) is 12.8 Å². The molecule has 6 heteroatoms. The molecule has 4 N–H and O–H groups in total. The number of aryl methyl sites for hydroxylation is 1. The Morgan fingerprint density at radius 2 is 2.06 bits per heavy atom. The molecule has 0 aromatic carbocycles. The van der Waals surface area contributed by atoms with Gasteiger partial charge in [0.1, 0.15) is 12.1 Å². The second-order valence-electron chi connectivity index (χ2n) is 5.14. The van der Waals surface area contributed by atoms with Crippen molar-refractivity contribution in [3.8, 4) is 0 Å². The number of aliphatic hydroxyl groups is 1. The lowest BCUT2D eigenvalue weighted by molar-refractivity contribution is -0.141. The molecule has 0 aliphatic carbocycles. The van der Waals surface area contributed by atoms with Crippen molar-refractivity contribution in [1.82, 2.24) is 9.78 Å². The number of carboxylic acid groups (broad SMARTS) is 1. The summed E-state index contributed by atoms with van der Waals surface area (Å²) in [5.41, 5.74) is 6.42. The molecule has 1 aromatic heterocycles. The molecule has 1 rings (SSSR count). The molecule has 0 saturated heterocycles. The molecular weight excluding hydrogens is 222 g/mol. The molecular formula is C11H19N3O3. The zero-order chi connectivity index (χ0) is 13.4. The van der Waals surface area contributed by atoms with Crippen molar-refractivity contribution >= 4 is 5.97 Å². The van der Waals surface area contributed by atoms with Crippen molar-refractivity contribution in [1.29, 1.82) is 0 Å². The Morgan fingerprint density at radius 3 is 2.41 bits per heavy atom. The van der Waals surface area contributed by atoms with Crippen LogP contribution in [0.15, 0.2) is 6.07 Å². The highest BCUT2D eigenvalue weighted by molar-refractivity contribution is 5.74. The summed E-state index contributed by atoms with van der Waals surface area (Å²) in [4.78, 5) is 10.7. The molecule has 6 nitrogen and oxygen atoms in total. The maximum Gasteiger partial charge on any atom is 0.323 e. The summed E-state index contributed by atoms with van der Waals surface area (Å²) in [6.07, 6.45) is -1.26. The van der Waals surface area contributed by atoms with Crippen LogP contribution in [-0.4, -0.2) is 32.0 Å². The van der Waals surface area contributed by atoms with Crippen LogP contribution in [0.5, 0.6) is 0 Å². The van der Waals surface area contributed by atoms with Gasteiger partial charge in [-0.25, -0.2) is 0 Å². The second-order valence-corrected chi connectivity index (χ2v) is 5.14. The Kier molecular flexibility index (Phi) is 3.59. The largest absolute Gasteiger partial charge is 0.480 e. The molecule has 1 aromatic rings. The van der Waals surface area contributed by atoms with E-state index in [0.717, 1.165) is 5.69 Å². The lowest BCUT2D eigenvalue weighted by Crippen LogP contribution is -2.37. The van der Waals surface area contributed by atoms with Gasteiger partial charge in [0.25, 0.3) is 0 Å². The van der Waals surface area contributed by atoms with E-state index in [1.54, 1.807) is 13.1 Å². The Balaban J connectivity index is 3.07. The Bertz CT molecular complexity index is 420. The minimum atomic E-state index is -1.35. The number of carbonyl (C=O) groups is 1. The predicted molar refractivity (Wildman–Crippen MR) is 62.5 cm³/mol. The molecule has 0 aliphatic heterocycles. The van der Waals surface area contributed by atoms with Crippen molar-refractivity contribution in [3.05, 3.63) is 17.5 Å². The van der Waals surface area contributed by atoms with Crippen LogP contribution in [0.4, 0.5) is 0 Å². The molecule has 0 bridgehead atoms. The normalized spacial score (nSPS) is 15.6. The lowest BCUT2D eigenvalue weighted by atomic mass is 9.92. The Morgan fingerprint density at radius 1 is 1.53 bits per heavy atom. The molecule has 0 amide bonds. The number of nitrogens with zero attached hydrogens (tertiary/aromatic N) is 2. The van der Waals surface area contributed by atoms with E-state index >= 15 is 0 Å². The molecule has 2 atom stereocenters. The number of nitrogens with two attached hydrogens (primary N) is 1.